The van der Waals surface area contributed by atoms with Crippen molar-refractivity contribution in [3.63, 3.8) is 0 Å². The Morgan fingerprint density at radius 2 is 1.63 bits per heavy atom. The van der Waals surface area contributed by atoms with E-state index in [1.165, 1.54) is 4.90 Å². The van der Waals surface area contributed by atoms with E-state index in [1.807, 2.05) is 43.3 Å². The van der Waals surface area contributed by atoms with Crippen LogP contribution in [0.25, 0.3) is 0 Å². The zero-order valence-electron chi connectivity index (χ0n) is 15.0. The van der Waals surface area contributed by atoms with Gasteiger partial charge >= 0.3 is 0 Å². The zero-order valence-corrected chi connectivity index (χ0v) is 15.0. The largest absolute Gasteiger partial charge is 0.322 e. The van der Waals surface area contributed by atoms with Crippen LogP contribution in [0.15, 0.2) is 66.2 Å². The lowest BCUT2D eigenvalue weighted by molar-refractivity contribution is -0.122. The summed E-state index contributed by atoms with van der Waals surface area (Å²) in [4.78, 5) is 39.1. The summed E-state index contributed by atoms with van der Waals surface area (Å²) in [7, 11) is 0. The molecule has 2 aromatic rings. The number of imide groups is 1. The van der Waals surface area contributed by atoms with Crippen molar-refractivity contribution in [3.05, 3.63) is 71.8 Å². The summed E-state index contributed by atoms with van der Waals surface area (Å²) in [5, 5.41) is 2.82. The fraction of sp³-hybridized carbons (Fsp3) is 0.227. The second-order valence-electron chi connectivity index (χ2n) is 7.08. The summed E-state index contributed by atoms with van der Waals surface area (Å²) in [5.74, 6) is -1.04. The van der Waals surface area contributed by atoms with Gasteiger partial charge in [-0.25, -0.2) is 0 Å². The van der Waals surface area contributed by atoms with E-state index in [1.54, 1.807) is 24.3 Å². The van der Waals surface area contributed by atoms with Gasteiger partial charge in [0.2, 0.25) is 11.8 Å². The first kappa shape index (κ1) is 17.2. The lowest BCUT2D eigenvalue weighted by Crippen LogP contribution is -2.30. The SMILES string of the molecule is CC1=CC[C@H]2C(=O)N(c3ccc(C(=O)Nc4ccccc4)cc3)C(=O)[C@H]2C1. The fourth-order valence-electron chi connectivity index (χ4n) is 3.78. The van der Waals surface area contributed by atoms with Crippen molar-refractivity contribution in [1.29, 1.82) is 0 Å². The van der Waals surface area contributed by atoms with Crippen molar-refractivity contribution in [2.75, 3.05) is 10.2 Å². The van der Waals surface area contributed by atoms with Crippen LogP contribution in [0, 0.1) is 11.8 Å². The van der Waals surface area contributed by atoms with Crippen LogP contribution >= 0.6 is 0 Å². The van der Waals surface area contributed by atoms with Gasteiger partial charge in [0.1, 0.15) is 0 Å². The van der Waals surface area contributed by atoms with Gasteiger partial charge in [-0.2, -0.15) is 0 Å². The minimum absolute atomic E-state index is 0.140. The minimum atomic E-state index is -0.262. The summed E-state index contributed by atoms with van der Waals surface area (Å²) < 4.78 is 0. The number of allylic oxidation sites excluding steroid dienone is 2. The normalized spacial score (nSPS) is 21.7. The number of para-hydroxylation sites is 1. The monoisotopic (exact) mass is 360 g/mol. The number of rotatable bonds is 3. The molecule has 1 aliphatic heterocycles. The number of carbonyl (C=O) groups excluding carboxylic acids is 3. The van der Waals surface area contributed by atoms with Crippen molar-refractivity contribution in [3.8, 4) is 0 Å². The number of hydrogen-bond acceptors (Lipinski definition) is 3. The van der Waals surface area contributed by atoms with Crippen LogP contribution in [0.1, 0.15) is 30.1 Å². The van der Waals surface area contributed by atoms with Crippen molar-refractivity contribution in [1.82, 2.24) is 0 Å². The highest BCUT2D eigenvalue weighted by atomic mass is 16.2. The van der Waals surface area contributed by atoms with Crippen LogP contribution in [0.3, 0.4) is 0 Å². The molecule has 0 radical (unpaired) electrons. The summed E-state index contributed by atoms with van der Waals surface area (Å²) in [6.07, 6.45) is 3.31. The number of benzene rings is 2. The molecular weight excluding hydrogens is 340 g/mol. The first-order valence-corrected chi connectivity index (χ1v) is 9.04. The number of nitrogens with one attached hydrogen (secondary N) is 1. The lowest BCUT2D eigenvalue weighted by Gasteiger charge is -2.18. The Morgan fingerprint density at radius 1 is 0.963 bits per heavy atom. The number of amides is 3. The standard InChI is InChI=1S/C22H20N2O3/c1-14-7-12-18-19(13-14)22(27)24(21(18)26)17-10-8-15(9-11-17)20(25)23-16-5-3-2-4-6-16/h2-11,18-19H,12-13H2,1H3,(H,23,25)/t18-,19+/m1/s1. The third-order valence-electron chi connectivity index (χ3n) is 5.24. The van der Waals surface area contributed by atoms with Gasteiger partial charge in [0.05, 0.1) is 17.5 Å². The molecule has 1 fully saturated rings. The first-order valence-electron chi connectivity index (χ1n) is 9.04. The molecule has 2 aromatic carbocycles. The van der Waals surface area contributed by atoms with Gasteiger partial charge < -0.3 is 5.32 Å². The van der Waals surface area contributed by atoms with E-state index in [4.69, 9.17) is 0 Å². The van der Waals surface area contributed by atoms with E-state index in [9.17, 15) is 14.4 Å². The maximum Gasteiger partial charge on any atom is 0.255 e. The van der Waals surface area contributed by atoms with E-state index in [-0.39, 0.29) is 29.6 Å². The van der Waals surface area contributed by atoms with Gasteiger partial charge in [-0.3, -0.25) is 19.3 Å². The Morgan fingerprint density at radius 3 is 2.33 bits per heavy atom. The number of anilines is 2. The molecule has 0 aromatic heterocycles. The van der Waals surface area contributed by atoms with Crippen molar-refractivity contribution in [2.24, 2.45) is 11.8 Å². The van der Waals surface area contributed by atoms with Gasteiger partial charge in [0.25, 0.3) is 5.91 Å². The molecule has 2 atom stereocenters. The lowest BCUT2D eigenvalue weighted by atomic mass is 9.82. The Labute approximate surface area is 157 Å². The van der Waals surface area contributed by atoms with E-state index in [2.05, 4.69) is 5.32 Å². The smallest absolute Gasteiger partial charge is 0.255 e. The Balaban J connectivity index is 1.52. The molecule has 4 rings (SSSR count). The second kappa shape index (κ2) is 6.83. The number of carbonyl (C=O) groups is 3. The van der Waals surface area contributed by atoms with Crippen LogP contribution in [-0.2, 0) is 9.59 Å². The summed E-state index contributed by atoms with van der Waals surface area (Å²) >= 11 is 0. The average Bonchev–Trinajstić information content (AvgIpc) is 2.92. The molecule has 136 valence electrons. The van der Waals surface area contributed by atoms with Crippen LogP contribution in [0.5, 0.6) is 0 Å². The molecule has 0 bridgehead atoms. The molecule has 5 heteroatoms. The van der Waals surface area contributed by atoms with Gasteiger partial charge in [0.15, 0.2) is 0 Å². The molecule has 5 nitrogen and oxygen atoms in total. The first-order chi connectivity index (χ1) is 13.0. The maximum atomic E-state index is 12.8. The number of nitrogens with zero attached hydrogens (tertiary/aromatic N) is 1. The third kappa shape index (κ3) is 3.16. The van der Waals surface area contributed by atoms with Gasteiger partial charge in [0, 0.05) is 11.3 Å². The minimum Gasteiger partial charge on any atom is -0.322 e. The molecule has 0 spiro atoms. The van der Waals surface area contributed by atoms with Crippen LogP contribution in [0.2, 0.25) is 0 Å². The third-order valence-corrected chi connectivity index (χ3v) is 5.24. The summed E-state index contributed by atoms with van der Waals surface area (Å²) in [6, 6.07) is 15.8. The van der Waals surface area contributed by atoms with E-state index in [0.29, 0.717) is 29.8 Å². The average molecular weight is 360 g/mol. The number of hydrogen-bond donors (Lipinski definition) is 1. The van der Waals surface area contributed by atoms with Crippen LogP contribution in [0.4, 0.5) is 11.4 Å². The summed E-state index contributed by atoms with van der Waals surface area (Å²) in [6.45, 7) is 2.00. The highest BCUT2D eigenvalue weighted by Gasteiger charge is 2.48. The Bertz CT molecular complexity index is 932. The molecule has 2 aliphatic rings. The highest BCUT2D eigenvalue weighted by Crippen LogP contribution is 2.39. The van der Waals surface area contributed by atoms with Crippen molar-refractivity contribution >= 4 is 29.1 Å². The van der Waals surface area contributed by atoms with Gasteiger partial charge in [-0.05, 0) is 56.2 Å². The predicted octanol–water partition coefficient (Wildman–Crippen LogP) is 3.78. The quantitative estimate of drug-likeness (QED) is 0.669. The van der Waals surface area contributed by atoms with Gasteiger partial charge in [-0.15, -0.1) is 0 Å². The number of fused-ring (bicyclic) bond motifs is 1. The fourth-order valence-corrected chi connectivity index (χ4v) is 3.78. The molecule has 1 heterocycles. The highest BCUT2D eigenvalue weighted by molar-refractivity contribution is 6.22. The molecule has 3 amide bonds. The molecule has 27 heavy (non-hydrogen) atoms. The molecule has 1 N–H and O–H groups in total. The van der Waals surface area contributed by atoms with Crippen molar-refractivity contribution < 1.29 is 14.4 Å². The van der Waals surface area contributed by atoms with Gasteiger partial charge in [-0.1, -0.05) is 29.8 Å². The molecular formula is C22H20N2O3. The topological polar surface area (TPSA) is 66.5 Å². The molecule has 1 saturated heterocycles. The van der Waals surface area contributed by atoms with Crippen molar-refractivity contribution in [2.45, 2.75) is 19.8 Å². The zero-order chi connectivity index (χ0) is 19.0. The Kier molecular flexibility index (Phi) is 4.36. The Hall–Kier alpha value is -3.21. The molecule has 1 aliphatic carbocycles. The predicted molar refractivity (Wildman–Crippen MR) is 103 cm³/mol. The van der Waals surface area contributed by atoms with E-state index < -0.39 is 0 Å². The molecule has 0 unspecified atom stereocenters. The molecule has 0 saturated carbocycles. The van der Waals surface area contributed by atoms with Crippen LogP contribution in [-0.4, -0.2) is 17.7 Å². The summed E-state index contributed by atoms with van der Waals surface area (Å²) in [5.41, 5.74) is 2.86. The maximum absolute atomic E-state index is 12.8. The van der Waals surface area contributed by atoms with E-state index in [0.717, 1.165) is 5.57 Å². The second-order valence-corrected chi connectivity index (χ2v) is 7.08. The van der Waals surface area contributed by atoms with E-state index >= 15 is 0 Å². The van der Waals surface area contributed by atoms with Crippen LogP contribution < -0.4 is 10.2 Å².